The molecule has 136 valence electrons. The molecule has 25 heavy (non-hydrogen) atoms. The van der Waals surface area contributed by atoms with Gasteiger partial charge in [-0.2, -0.15) is 0 Å². The standard InChI is InChI=1S/C17H23N3O4S/c1-13-14(4-3-7-18-13)16(22)19-8-5-17(6-9-19)20(10-11-24-2)15(21)12-25(17)23/h3-4,7H,5-6,8-12H2,1-2H3. The van der Waals surface area contributed by atoms with E-state index in [2.05, 4.69) is 4.98 Å². The predicted octanol–water partition coefficient (Wildman–Crippen LogP) is 0.560. The Kier molecular flexibility index (Phi) is 5.19. The minimum absolute atomic E-state index is 0.0565. The van der Waals surface area contributed by atoms with Gasteiger partial charge in [0.15, 0.2) is 0 Å². The van der Waals surface area contributed by atoms with Crippen molar-refractivity contribution in [2.24, 2.45) is 0 Å². The van der Waals surface area contributed by atoms with Gasteiger partial charge in [0.25, 0.3) is 5.91 Å². The Balaban J connectivity index is 1.74. The molecule has 8 heteroatoms. The number of likely N-dealkylation sites (tertiary alicyclic amines) is 1. The number of aromatic nitrogens is 1. The highest BCUT2D eigenvalue weighted by Crippen LogP contribution is 2.37. The molecule has 0 radical (unpaired) electrons. The monoisotopic (exact) mass is 365 g/mol. The number of nitrogens with zero attached hydrogens (tertiary/aromatic N) is 3. The Morgan fingerprint density at radius 2 is 2.12 bits per heavy atom. The third-order valence-electron chi connectivity index (χ3n) is 5.06. The maximum atomic E-state index is 12.7. The van der Waals surface area contributed by atoms with Gasteiger partial charge in [0.1, 0.15) is 10.6 Å². The van der Waals surface area contributed by atoms with E-state index < -0.39 is 15.7 Å². The quantitative estimate of drug-likeness (QED) is 0.779. The van der Waals surface area contributed by atoms with Gasteiger partial charge in [-0.3, -0.25) is 18.8 Å². The summed E-state index contributed by atoms with van der Waals surface area (Å²) in [5.41, 5.74) is 1.30. The normalized spacial score (nSPS) is 22.6. The molecule has 1 atom stereocenters. The van der Waals surface area contributed by atoms with Crippen molar-refractivity contribution in [3.8, 4) is 0 Å². The number of piperidine rings is 1. The molecule has 1 aromatic rings. The van der Waals surface area contributed by atoms with Crippen LogP contribution in [0, 0.1) is 6.92 Å². The van der Waals surface area contributed by atoms with Crippen LogP contribution in [0.2, 0.25) is 0 Å². The zero-order chi connectivity index (χ0) is 18.0. The fourth-order valence-corrected chi connectivity index (χ4v) is 5.35. The van der Waals surface area contributed by atoms with E-state index in [0.29, 0.717) is 50.3 Å². The van der Waals surface area contributed by atoms with Crippen molar-refractivity contribution >= 4 is 22.6 Å². The van der Waals surface area contributed by atoms with Crippen LogP contribution < -0.4 is 0 Å². The number of rotatable bonds is 4. The van der Waals surface area contributed by atoms with E-state index in [1.165, 1.54) is 0 Å². The molecule has 1 unspecified atom stereocenters. The fraction of sp³-hybridized carbons (Fsp3) is 0.588. The molecule has 2 fully saturated rings. The van der Waals surface area contributed by atoms with Crippen LogP contribution in [0.15, 0.2) is 18.3 Å². The minimum atomic E-state index is -1.24. The van der Waals surface area contributed by atoms with Gasteiger partial charge in [0.2, 0.25) is 5.91 Å². The Labute approximate surface area is 149 Å². The third-order valence-corrected chi connectivity index (χ3v) is 7.04. The number of methoxy groups -OCH3 is 1. The number of amides is 2. The number of pyridine rings is 1. The van der Waals surface area contributed by atoms with E-state index in [1.807, 2.05) is 6.92 Å². The van der Waals surface area contributed by atoms with Crippen LogP contribution in [0.25, 0.3) is 0 Å². The summed E-state index contributed by atoms with van der Waals surface area (Å²) in [4.78, 5) is 32.0. The second kappa shape index (κ2) is 7.21. The van der Waals surface area contributed by atoms with Crippen molar-refractivity contribution in [1.82, 2.24) is 14.8 Å². The van der Waals surface area contributed by atoms with Crippen molar-refractivity contribution < 1.29 is 18.5 Å². The minimum Gasteiger partial charge on any atom is -0.383 e. The second-order valence-electron chi connectivity index (χ2n) is 6.40. The van der Waals surface area contributed by atoms with E-state index >= 15 is 0 Å². The van der Waals surface area contributed by atoms with Crippen molar-refractivity contribution in [2.75, 3.05) is 39.1 Å². The molecule has 0 saturated carbocycles. The number of hydrogen-bond acceptors (Lipinski definition) is 5. The first kappa shape index (κ1) is 18.0. The maximum absolute atomic E-state index is 12.7. The predicted molar refractivity (Wildman–Crippen MR) is 93.4 cm³/mol. The van der Waals surface area contributed by atoms with Crippen LogP contribution in [0.4, 0.5) is 0 Å². The topological polar surface area (TPSA) is 79.8 Å². The molecule has 1 spiro atoms. The van der Waals surface area contributed by atoms with Gasteiger partial charge in [-0.05, 0) is 19.1 Å². The first-order valence-electron chi connectivity index (χ1n) is 8.38. The third kappa shape index (κ3) is 3.20. The van der Waals surface area contributed by atoms with Gasteiger partial charge in [0, 0.05) is 51.5 Å². The highest BCUT2D eigenvalue weighted by Gasteiger charge is 2.52. The highest BCUT2D eigenvalue weighted by atomic mass is 32.2. The average molecular weight is 365 g/mol. The molecule has 1 aromatic heterocycles. The molecule has 2 saturated heterocycles. The number of hydrogen-bond donors (Lipinski definition) is 0. The summed E-state index contributed by atoms with van der Waals surface area (Å²) in [5.74, 6) is -0.0726. The van der Waals surface area contributed by atoms with Gasteiger partial charge < -0.3 is 14.5 Å². The Bertz CT molecular complexity index is 701. The van der Waals surface area contributed by atoms with Gasteiger partial charge in [0.05, 0.1) is 23.0 Å². The Morgan fingerprint density at radius 1 is 1.40 bits per heavy atom. The van der Waals surface area contributed by atoms with E-state index in [-0.39, 0.29) is 17.6 Å². The molecule has 7 nitrogen and oxygen atoms in total. The van der Waals surface area contributed by atoms with Crippen LogP contribution in [0.5, 0.6) is 0 Å². The molecule has 3 rings (SSSR count). The first-order chi connectivity index (χ1) is 12.0. The van der Waals surface area contributed by atoms with E-state index in [1.54, 1.807) is 35.2 Å². The lowest BCUT2D eigenvalue weighted by Gasteiger charge is -2.43. The van der Waals surface area contributed by atoms with E-state index in [0.717, 1.165) is 0 Å². The molecule has 0 aliphatic carbocycles. The van der Waals surface area contributed by atoms with Crippen molar-refractivity contribution in [3.63, 3.8) is 0 Å². The van der Waals surface area contributed by atoms with Crippen molar-refractivity contribution in [3.05, 3.63) is 29.6 Å². The largest absolute Gasteiger partial charge is 0.383 e. The number of carbonyl (C=O) groups is 2. The van der Waals surface area contributed by atoms with Crippen LogP contribution in [-0.2, 0) is 20.3 Å². The summed E-state index contributed by atoms with van der Waals surface area (Å²) in [6.45, 7) is 3.64. The molecule has 0 aromatic carbocycles. The van der Waals surface area contributed by atoms with E-state index in [4.69, 9.17) is 4.74 Å². The first-order valence-corrected chi connectivity index (χ1v) is 9.70. The van der Waals surface area contributed by atoms with Crippen molar-refractivity contribution in [2.45, 2.75) is 24.6 Å². The summed E-state index contributed by atoms with van der Waals surface area (Å²) >= 11 is 0. The highest BCUT2D eigenvalue weighted by molar-refractivity contribution is 7.87. The lowest BCUT2D eigenvalue weighted by atomic mass is 10.0. The molecule has 0 N–H and O–H groups in total. The molecule has 3 heterocycles. The van der Waals surface area contributed by atoms with Crippen LogP contribution in [-0.4, -0.2) is 74.8 Å². The Morgan fingerprint density at radius 3 is 2.76 bits per heavy atom. The van der Waals surface area contributed by atoms with Gasteiger partial charge in [-0.1, -0.05) is 0 Å². The molecular weight excluding hydrogens is 342 g/mol. The summed E-state index contributed by atoms with van der Waals surface area (Å²) in [7, 11) is 0.347. The van der Waals surface area contributed by atoms with Crippen LogP contribution >= 0.6 is 0 Å². The lowest BCUT2D eigenvalue weighted by Crippen LogP contribution is -2.56. The molecule has 2 aliphatic rings. The maximum Gasteiger partial charge on any atom is 0.255 e. The smallest absolute Gasteiger partial charge is 0.255 e. The molecule has 2 amide bonds. The summed E-state index contributed by atoms with van der Waals surface area (Å²) in [5, 5.41) is 0. The van der Waals surface area contributed by atoms with Gasteiger partial charge in [-0.15, -0.1) is 0 Å². The summed E-state index contributed by atoms with van der Waals surface area (Å²) in [6.07, 6.45) is 2.72. The van der Waals surface area contributed by atoms with Gasteiger partial charge >= 0.3 is 0 Å². The van der Waals surface area contributed by atoms with Gasteiger partial charge in [-0.25, -0.2) is 0 Å². The second-order valence-corrected chi connectivity index (χ2v) is 8.14. The van der Waals surface area contributed by atoms with E-state index in [9.17, 15) is 13.8 Å². The summed E-state index contributed by atoms with van der Waals surface area (Å²) in [6, 6.07) is 3.53. The molecular formula is C17H23N3O4S. The zero-order valence-corrected chi connectivity index (χ0v) is 15.4. The number of aryl methyl sites for hydroxylation is 1. The lowest BCUT2D eigenvalue weighted by molar-refractivity contribution is -0.131. The van der Waals surface area contributed by atoms with Crippen LogP contribution in [0.3, 0.4) is 0 Å². The number of ether oxygens (including phenoxy) is 1. The zero-order valence-electron chi connectivity index (χ0n) is 14.6. The average Bonchev–Trinajstić information content (AvgIpc) is 2.83. The molecule has 2 aliphatic heterocycles. The fourth-order valence-electron chi connectivity index (χ4n) is 3.62. The molecule has 0 bridgehead atoms. The number of carbonyl (C=O) groups excluding carboxylic acids is 2. The SMILES string of the molecule is COCCN1C(=O)CS(=O)C12CCN(C(=O)c1cccnc1C)CC2. The summed E-state index contributed by atoms with van der Waals surface area (Å²) < 4.78 is 17.7. The Hall–Kier alpha value is -1.80. The van der Waals surface area contributed by atoms with Crippen LogP contribution in [0.1, 0.15) is 28.9 Å². The van der Waals surface area contributed by atoms with Crippen molar-refractivity contribution in [1.29, 1.82) is 0 Å².